The van der Waals surface area contributed by atoms with Crippen LogP contribution in [-0.2, 0) is 9.53 Å². The molecule has 1 aliphatic rings. The maximum Gasteiger partial charge on any atom is 0.223 e. The average molecular weight is 327 g/mol. The molecule has 1 fully saturated rings. The number of benzene rings is 1. The van der Waals surface area contributed by atoms with Crippen LogP contribution >= 0.6 is 12.4 Å². The van der Waals surface area contributed by atoms with Crippen molar-refractivity contribution in [2.75, 3.05) is 19.7 Å². The Bertz CT molecular complexity index is 453. The Morgan fingerprint density at radius 3 is 2.59 bits per heavy atom. The molecular weight excluding hydrogens is 300 g/mol. The molecule has 0 bridgehead atoms. The predicted octanol–water partition coefficient (Wildman–Crippen LogP) is 2.69. The van der Waals surface area contributed by atoms with Crippen LogP contribution in [0.15, 0.2) is 30.3 Å². The summed E-state index contributed by atoms with van der Waals surface area (Å²) in [5, 5.41) is 6.42. The third-order valence-corrected chi connectivity index (χ3v) is 3.72. The summed E-state index contributed by atoms with van der Waals surface area (Å²) in [7, 11) is 0. The highest BCUT2D eigenvalue weighted by Crippen LogP contribution is 2.32. The van der Waals surface area contributed by atoms with Crippen LogP contribution < -0.4 is 10.6 Å². The fourth-order valence-corrected chi connectivity index (χ4v) is 2.62. The molecule has 2 atom stereocenters. The zero-order valence-electron chi connectivity index (χ0n) is 13.6. The zero-order valence-corrected chi connectivity index (χ0v) is 14.4. The van der Waals surface area contributed by atoms with E-state index in [1.54, 1.807) is 0 Å². The number of carbonyl (C=O) groups excluding carboxylic acids is 1. The van der Waals surface area contributed by atoms with Crippen LogP contribution in [0.25, 0.3) is 0 Å². The molecule has 0 spiro atoms. The van der Waals surface area contributed by atoms with Crippen molar-refractivity contribution in [2.24, 2.45) is 5.41 Å². The van der Waals surface area contributed by atoms with Gasteiger partial charge in [0.15, 0.2) is 0 Å². The molecule has 0 aromatic heterocycles. The highest BCUT2D eigenvalue weighted by atomic mass is 35.5. The van der Waals surface area contributed by atoms with Gasteiger partial charge in [0.25, 0.3) is 0 Å². The lowest BCUT2D eigenvalue weighted by Crippen LogP contribution is -2.43. The van der Waals surface area contributed by atoms with Crippen LogP contribution in [0, 0.1) is 5.41 Å². The Kier molecular flexibility index (Phi) is 7.33. The van der Waals surface area contributed by atoms with E-state index >= 15 is 0 Å². The van der Waals surface area contributed by atoms with Crippen molar-refractivity contribution in [3.05, 3.63) is 35.9 Å². The summed E-state index contributed by atoms with van der Waals surface area (Å²) in [6.07, 6.45) is 0.391. The molecule has 5 heteroatoms. The number of rotatable bonds is 4. The van der Waals surface area contributed by atoms with Crippen molar-refractivity contribution in [2.45, 2.75) is 39.3 Å². The Labute approximate surface area is 139 Å². The van der Waals surface area contributed by atoms with E-state index in [1.165, 1.54) is 0 Å². The molecule has 1 aliphatic heterocycles. The summed E-state index contributed by atoms with van der Waals surface area (Å²) in [4.78, 5) is 12.3. The SMILES string of the molecule is CC(C)(C)C(NC(=O)CC1CNCCO1)c1ccccc1.Cl. The molecule has 1 aromatic carbocycles. The van der Waals surface area contributed by atoms with Crippen LogP contribution in [0.5, 0.6) is 0 Å². The van der Waals surface area contributed by atoms with Crippen molar-refractivity contribution < 1.29 is 9.53 Å². The Hall–Kier alpha value is -1.10. The number of morpholine rings is 1. The minimum Gasteiger partial charge on any atom is -0.375 e. The standard InChI is InChI=1S/C17H26N2O2.ClH/c1-17(2,3)16(13-7-5-4-6-8-13)19-15(20)11-14-12-18-9-10-21-14;/h4-8,14,16,18H,9-12H2,1-3H3,(H,19,20);1H. The van der Waals surface area contributed by atoms with Gasteiger partial charge in [-0.3, -0.25) is 4.79 Å². The lowest BCUT2D eigenvalue weighted by Gasteiger charge is -2.33. The summed E-state index contributed by atoms with van der Waals surface area (Å²) in [5.41, 5.74) is 1.10. The van der Waals surface area contributed by atoms with Crippen molar-refractivity contribution in [1.82, 2.24) is 10.6 Å². The summed E-state index contributed by atoms with van der Waals surface area (Å²) < 4.78 is 5.60. The quantitative estimate of drug-likeness (QED) is 0.894. The second kappa shape index (κ2) is 8.51. The molecule has 4 nitrogen and oxygen atoms in total. The lowest BCUT2D eigenvalue weighted by molar-refractivity contribution is -0.126. The molecular formula is C17H27ClN2O2. The third kappa shape index (κ3) is 5.59. The number of halogens is 1. The normalized spacial score (nSPS) is 19.9. The summed E-state index contributed by atoms with van der Waals surface area (Å²) in [6.45, 7) is 8.72. The molecule has 1 saturated heterocycles. The zero-order chi connectivity index (χ0) is 15.3. The molecule has 2 N–H and O–H groups in total. The van der Waals surface area contributed by atoms with Gasteiger partial charge in [-0.05, 0) is 11.0 Å². The summed E-state index contributed by atoms with van der Waals surface area (Å²) >= 11 is 0. The molecule has 0 aliphatic carbocycles. The molecule has 124 valence electrons. The maximum absolute atomic E-state index is 12.3. The van der Waals surface area contributed by atoms with Crippen LogP contribution in [0.2, 0.25) is 0 Å². The maximum atomic E-state index is 12.3. The molecule has 0 radical (unpaired) electrons. The average Bonchev–Trinajstić information content (AvgIpc) is 2.45. The first-order chi connectivity index (χ1) is 9.97. The van der Waals surface area contributed by atoms with Gasteiger partial charge in [-0.25, -0.2) is 0 Å². The highest BCUT2D eigenvalue weighted by Gasteiger charge is 2.28. The number of ether oxygens (including phenoxy) is 1. The molecule has 2 rings (SSSR count). The van der Waals surface area contributed by atoms with Gasteiger partial charge in [0.1, 0.15) is 0 Å². The van der Waals surface area contributed by atoms with E-state index in [1.807, 2.05) is 18.2 Å². The first-order valence-corrected chi connectivity index (χ1v) is 7.63. The first kappa shape index (κ1) is 18.9. The fraction of sp³-hybridized carbons (Fsp3) is 0.588. The molecule has 22 heavy (non-hydrogen) atoms. The van der Waals surface area contributed by atoms with Crippen molar-refractivity contribution >= 4 is 18.3 Å². The van der Waals surface area contributed by atoms with Gasteiger partial charge < -0.3 is 15.4 Å². The third-order valence-electron chi connectivity index (χ3n) is 3.72. The number of amides is 1. The summed E-state index contributed by atoms with van der Waals surface area (Å²) in [6, 6.07) is 10.1. The van der Waals surface area contributed by atoms with Crippen molar-refractivity contribution in [3.8, 4) is 0 Å². The predicted molar refractivity (Wildman–Crippen MR) is 91.3 cm³/mol. The van der Waals surface area contributed by atoms with E-state index in [0.717, 1.165) is 18.7 Å². The Morgan fingerprint density at radius 1 is 1.36 bits per heavy atom. The van der Waals surface area contributed by atoms with Gasteiger partial charge in [-0.2, -0.15) is 0 Å². The highest BCUT2D eigenvalue weighted by molar-refractivity contribution is 5.85. The number of carbonyl (C=O) groups is 1. The number of hydrogen-bond donors (Lipinski definition) is 2. The summed E-state index contributed by atoms with van der Waals surface area (Å²) in [5.74, 6) is 0.0486. The van der Waals surface area contributed by atoms with Crippen molar-refractivity contribution in [3.63, 3.8) is 0 Å². The topological polar surface area (TPSA) is 50.4 Å². The minimum absolute atomic E-state index is 0. The van der Waals surface area contributed by atoms with Gasteiger partial charge in [-0.1, -0.05) is 51.1 Å². The molecule has 0 saturated carbocycles. The van der Waals surface area contributed by atoms with E-state index in [0.29, 0.717) is 13.0 Å². The van der Waals surface area contributed by atoms with Gasteiger partial charge in [0.2, 0.25) is 5.91 Å². The molecule has 1 heterocycles. The smallest absolute Gasteiger partial charge is 0.223 e. The molecule has 1 aromatic rings. The second-order valence-electron chi connectivity index (χ2n) is 6.68. The van der Waals surface area contributed by atoms with Gasteiger partial charge >= 0.3 is 0 Å². The van der Waals surface area contributed by atoms with E-state index in [2.05, 4.69) is 43.5 Å². The molecule has 1 amide bonds. The largest absolute Gasteiger partial charge is 0.375 e. The van der Waals surface area contributed by atoms with E-state index in [9.17, 15) is 4.79 Å². The molecule has 2 unspecified atom stereocenters. The van der Waals surface area contributed by atoms with E-state index in [-0.39, 0.29) is 35.9 Å². The van der Waals surface area contributed by atoms with E-state index in [4.69, 9.17) is 4.74 Å². The second-order valence-corrected chi connectivity index (χ2v) is 6.68. The van der Waals surface area contributed by atoms with Gasteiger partial charge in [-0.15, -0.1) is 12.4 Å². The number of hydrogen-bond acceptors (Lipinski definition) is 3. The van der Waals surface area contributed by atoms with Gasteiger partial charge in [0.05, 0.1) is 25.2 Å². The van der Waals surface area contributed by atoms with Gasteiger partial charge in [0, 0.05) is 13.1 Å². The van der Waals surface area contributed by atoms with Crippen LogP contribution in [0.3, 0.4) is 0 Å². The lowest BCUT2D eigenvalue weighted by atomic mass is 9.82. The fourth-order valence-electron chi connectivity index (χ4n) is 2.62. The van der Waals surface area contributed by atoms with Crippen molar-refractivity contribution in [1.29, 1.82) is 0 Å². The Morgan fingerprint density at radius 2 is 2.05 bits per heavy atom. The van der Waals surface area contributed by atoms with Crippen LogP contribution in [-0.4, -0.2) is 31.7 Å². The number of nitrogens with one attached hydrogen (secondary N) is 2. The first-order valence-electron chi connectivity index (χ1n) is 7.63. The van der Waals surface area contributed by atoms with Crippen LogP contribution in [0.4, 0.5) is 0 Å². The van der Waals surface area contributed by atoms with E-state index < -0.39 is 0 Å². The minimum atomic E-state index is -0.0390. The monoisotopic (exact) mass is 326 g/mol. The Balaban J connectivity index is 0.00000242. The van der Waals surface area contributed by atoms with Crippen LogP contribution in [0.1, 0.15) is 38.8 Å².